The fourth-order valence-electron chi connectivity index (χ4n) is 5.15. The van der Waals surface area contributed by atoms with Crippen molar-refractivity contribution in [2.75, 3.05) is 27.4 Å². The topological polar surface area (TPSA) is 114 Å². The molecule has 1 saturated carbocycles. The van der Waals surface area contributed by atoms with Crippen LogP contribution < -0.4 is 5.46 Å². The Balaban J connectivity index is 1.74. The Morgan fingerprint density at radius 3 is 2.34 bits per heavy atom. The second-order valence-electron chi connectivity index (χ2n) is 13.7. The van der Waals surface area contributed by atoms with Gasteiger partial charge in [0.05, 0.1) is 16.7 Å². The lowest BCUT2D eigenvalue weighted by Gasteiger charge is -2.37. The molecular formula is C27H42BFN4O6SSi. The molecule has 1 N–H and O–H groups in total. The van der Waals surface area contributed by atoms with Crippen LogP contribution in [0.2, 0.25) is 25.7 Å². The first kappa shape index (κ1) is 31.9. The molecule has 3 atom stereocenters. The predicted molar refractivity (Wildman–Crippen MR) is 161 cm³/mol. The van der Waals surface area contributed by atoms with E-state index in [0.29, 0.717) is 18.5 Å². The molecule has 1 saturated heterocycles. The zero-order chi connectivity index (χ0) is 30.8. The van der Waals surface area contributed by atoms with Crippen LogP contribution in [0.5, 0.6) is 0 Å². The number of carbonyl (C=O) groups is 2. The van der Waals surface area contributed by atoms with Gasteiger partial charge in [0, 0.05) is 51.9 Å². The van der Waals surface area contributed by atoms with Crippen molar-refractivity contribution in [1.29, 1.82) is 0 Å². The maximum Gasteiger partial charge on any atom is 0.496 e. The van der Waals surface area contributed by atoms with Gasteiger partial charge in [0.25, 0.3) is 0 Å². The quantitative estimate of drug-likeness (QED) is 0.204. The minimum atomic E-state index is -1.39. The summed E-state index contributed by atoms with van der Waals surface area (Å²) in [5.41, 5.74) is -1.82. The van der Waals surface area contributed by atoms with Gasteiger partial charge in [0.1, 0.15) is 11.5 Å². The zero-order valence-corrected chi connectivity index (χ0v) is 27.5. The second kappa shape index (κ2) is 10.6. The maximum atomic E-state index is 15.6. The van der Waals surface area contributed by atoms with E-state index in [-0.39, 0.29) is 29.3 Å². The van der Waals surface area contributed by atoms with E-state index in [9.17, 15) is 14.7 Å². The second-order valence-corrected chi connectivity index (χ2v) is 20.7. The molecule has 226 valence electrons. The van der Waals surface area contributed by atoms with Crippen molar-refractivity contribution < 1.29 is 33.1 Å². The molecule has 1 aromatic rings. The third-order valence-corrected chi connectivity index (χ3v) is 11.8. The minimum absolute atomic E-state index is 0.0948. The number of fused-ring (bicyclic) bond motifs is 1. The summed E-state index contributed by atoms with van der Waals surface area (Å²) in [5.74, 6) is -1.30. The Morgan fingerprint density at radius 1 is 1.20 bits per heavy atom. The van der Waals surface area contributed by atoms with Gasteiger partial charge in [-0.15, -0.1) is 0 Å². The van der Waals surface area contributed by atoms with Gasteiger partial charge >= 0.3 is 13.2 Å². The van der Waals surface area contributed by atoms with Gasteiger partial charge < -0.3 is 24.1 Å². The van der Waals surface area contributed by atoms with Gasteiger partial charge in [-0.05, 0) is 47.1 Å². The maximum absolute atomic E-state index is 15.6. The number of nitrogens with zero attached hydrogens (tertiary/aromatic N) is 4. The normalized spacial score (nSPS) is 28.1. The molecule has 14 heteroatoms. The van der Waals surface area contributed by atoms with Gasteiger partial charge in [0.2, 0.25) is 11.9 Å². The number of pyridine rings is 1. The third kappa shape index (κ3) is 5.95. The summed E-state index contributed by atoms with van der Waals surface area (Å²) >= 11 is 1.12. The molecule has 2 amide bonds. The van der Waals surface area contributed by atoms with E-state index >= 15 is 4.39 Å². The molecule has 3 aliphatic rings. The predicted octanol–water partition coefficient (Wildman–Crippen LogP) is 3.98. The van der Waals surface area contributed by atoms with Crippen LogP contribution >= 0.6 is 11.8 Å². The van der Waals surface area contributed by atoms with E-state index in [1.807, 2.05) is 27.7 Å². The van der Waals surface area contributed by atoms with Crippen molar-refractivity contribution in [3.63, 3.8) is 0 Å². The number of carboxylic acid groups (broad SMARTS) is 1. The number of hydrogen-bond donors (Lipinski definition) is 1. The van der Waals surface area contributed by atoms with Gasteiger partial charge in [-0.3, -0.25) is 9.79 Å². The molecule has 10 nitrogen and oxygen atoms in total. The highest BCUT2D eigenvalue weighted by Crippen LogP contribution is 2.67. The van der Waals surface area contributed by atoms with Crippen molar-refractivity contribution >= 4 is 49.6 Å². The monoisotopic (exact) mass is 608 g/mol. The lowest BCUT2D eigenvalue weighted by atomic mass is 9.77. The van der Waals surface area contributed by atoms with Crippen LogP contribution in [0.4, 0.5) is 9.18 Å². The third-order valence-electron chi connectivity index (χ3n) is 8.57. The number of hydrogen-bond acceptors (Lipinski definition) is 8. The van der Waals surface area contributed by atoms with E-state index in [0.717, 1.165) is 22.7 Å². The van der Waals surface area contributed by atoms with Gasteiger partial charge in [-0.2, -0.15) is 4.39 Å². The molecule has 0 bridgehead atoms. The number of aromatic nitrogens is 1. The summed E-state index contributed by atoms with van der Waals surface area (Å²) in [7, 11) is 1.14. The van der Waals surface area contributed by atoms with Gasteiger partial charge in [-0.25, -0.2) is 14.7 Å². The molecule has 3 heterocycles. The number of amidine groups is 1. The van der Waals surface area contributed by atoms with Gasteiger partial charge in [-0.1, -0.05) is 37.5 Å². The molecule has 0 aromatic carbocycles. The van der Waals surface area contributed by atoms with E-state index in [2.05, 4.69) is 24.6 Å². The summed E-state index contributed by atoms with van der Waals surface area (Å²) in [6.45, 7) is 16.3. The molecule has 2 aliphatic heterocycles. The number of ether oxygens (including phenoxy) is 1. The van der Waals surface area contributed by atoms with Crippen molar-refractivity contribution in [3.8, 4) is 0 Å². The Bertz CT molecular complexity index is 1240. The van der Waals surface area contributed by atoms with Crippen LogP contribution in [0, 0.1) is 11.9 Å². The number of aliphatic imine (C=N–C) groups is 1. The lowest BCUT2D eigenvalue weighted by molar-refractivity contribution is -0.129. The number of rotatable bonds is 8. The largest absolute Gasteiger partial charge is 0.496 e. The number of thioether (sulfide) groups is 1. The lowest BCUT2D eigenvalue weighted by Crippen LogP contribution is -2.48. The highest BCUT2D eigenvalue weighted by molar-refractivity contribution is 8.16. The number of halogens is 1. The first-order valence-corrected chi connectivity index (χ1v) is 18.4. The van der Waals surface area contributed by atoms with Crippen LogP contribution in [-0.2, 0) is 24.4 Å². The Labute approximate surface area is 247 Å². The summed E-state index contributed by atoms with van der Waals surface area (Å²) in [5, 5.41) is 10.2. The molecule has 1 aliphatic carbocycles. The van der Waals surface area contributed by atoms with Crippen LogP contribution in [-0.4, -0.2) is 95.6 Å². The Hall–Kier alpha value is -2.00. The van der Waals surface area contributed by atoms with Crippen molar-refractivity contribution in [3.05, 3.63) is 23.8 Å². The van der Waals surface area contributed by atoms with Crippen LogP contribution in [0.15, 0.2) is 17.3 Å². The molecule has 4 rings (SSSR count). The van der Waals surface area contributed by atoms with Crippen molar-refractivity contribution in [2.24, 2.45) is 10.9 Å². The van der Waals surface area contributed by atoms with E-state index in [1.165, 1.54) is 11.1 Å². The molecule has 1 aromatic heterocycles. The number of amides is 2. The van der Waals surface area contributed by atoms with Crippen LogP contribution in [0.3, 0.4) is 0 Å². The molecule has 0 spiro atoms. The van der Waals surface area contributed by atoms with E-state index in [1.54, 1.807) is 27.1 Å². The summed E-state index contributed by atoms with van der Waals surface area (Å²) < 4.78 is 32.7. The van der Waals surface area contributed by atoms with Crippen LogP contribution in [0.1, 0.15) is 46.6 Å². The first-order chi connectivity index (χ1) is 18.7. The number of carbonyl (C=O) groups excluding carboxylic acids is 1. The van der Waals surface area contributed by atoms with E-state index < -0.39 is 48.7 Å². The minimum Gasteiger partial charge on any atom is -0.465 e. The zero-order valence-electron chi connectivity index (χ0n) is 25.7. The summed E-state index contributed by atoms with van der Waals surface area (Å²) in [4.78, 5) is 37.3. The van der Waals surface area contributed by atoms with Gasteiger partial charge in [0.15, 0.2) is 5.17 Å². The molecule has 41 heavy (non-hydrogen) atoms. The summed E-state index contributed by atoms with van der Waals surface area (Å²) in [6.07, 6.45) is 0.526. The molecule has 2 fully saturated rings. The summed E-state index contributed by atoms with van der Waals surface area (Å²) in [6, 6.07) is 2.49. The molecule has 0 radical (unpaired) electrons. The fraction of sp³-hybridized carbons (Fsp3) is 0.704. The highest BCUT2D eigenvalue weighted by atomic mass is 32.2. The Kier molecular flexibility index (Phi) is 8.27. The highest BCUT2D eigenvalue weighted by Gasteiger charge is 2.72. The fourth-order valence-corrected chi connectivity index (χ4v) is 7.60. The molecular weight excluding hydrogens is 566 g/mol. The SMILES string of the molecule is CN(C)C(=O)[C@]12C[C@H]1[C@@](C)(c1cc(B3OC(C)(C)C(C)(C)O3)cnc1F)N=C(N(COCC[Si](C)(C)C)C(=O)O)S2. The van der Waals surface area contributed by atoms with E-state index in [4.69, 9.17) is 19.0 Å². The standard InChI is InChI=1S/C27H42BFN4O6SSi/c1-24(2)25(3,4)39-28(38-24)17-13-18(20(29)30-15-17)26(5)19-14-27(19,21(34)32(6)7)40-22(31-26)33(23(35)36)16-37-11-12-41(8,9)10/h13,15,19H,11-12,14,16H2,1-10H3,(H,35,36)/t19-,26+,27-/m0/s1. The average molecular weight is 609 g/mol. The Morgan fingerprint density at radius 2 is 1.80 bits per heavy atom. The van der Waals surface area contributed by atoms with Crippen molar-refractivity contribution in [2.45, 2.75) is 88.2 Å². The smallest absolute Gasteiger partial charge is 0.465 e. The van der Waals surface area contributed by atoms with Crippen molar-refractivity contribution in [1.82, 2.24) is 14.8 Å². The van der Waals surface area contributed by atoms with Crippen LogP contribution in [0.25, 0.3) is 0 Å². The molecule has 0 unspecified atom stereocenters. The first-order valence-electron chi connectivity index (χ1n) is 13.8. The average Bonchev–Trinajstić information content (AvgIpc) is 3.54.